The summed E-state index contributed by atoms with van der Waals surface area (Å²) in [7, 11) is 0. The van der Waals surface area contributed by atoms with Crippen LogP contribution in [0.25, 0.3) is 11.1 Å². The first-order valence-corrected chi connectivity index (χ1v) is 5.55. The van der Waals surface area contributed by atoms with Crippen LogP contribution in [0.4, 0.5) is 0 Å². The van der Waals surface area contributed by atoms with E-state index in [1.54, 1.807) is 0 Å². The van der Waals surface area contributed by atoms with Crippen LogP contribution in [0.1, 0.15) is 18.5 Å². The summed E-state index contributed by atoms with van der Waals surface area (Å²) in [4.78, 5) is 0. The molecule has 0 unspecified atom stereocenters. The molecule has 0 saturated carbocycles. The van der Waals surface area contributed by atoms with E-state index in [4.69, 9.17) is 0 Å². The zero-order valence-corrected chi connectivity index (χ0v) is 8.69. The molecule has 2 heterocycles. The monoisotopic (exact) mass is 198 g/mol. The number of aryl methyl sites for hydroxylation is 1. The maximum atomic E-state index is 4.45. The first-order valence-electron chi connectivity index (χ1n) is 5.55. The highest BCUT2D eigenvalue weighted by Gasteiger charge is 2.15. The van der Waals surface area contributed by atoms with Gasteiger partial charge in [0, 0.05) is 17.8 Å². The number of nitrogens with zero attached hydrogens (tertiary/aromatic N) is 2. The number of fused-ring (bicyclic) bond motifs is 1. The minimum atomic E-state index is 1.09. The van der Waals surface area contributed by atoms with Crippen LogP contribution < -0.4 is 0 Å². The molecule has 0 bridgehead atoms. The van der Waals surface area contributed by atoms with Crippen LogP contribution in [0.15, 0.2) is 36.5 Å². The summed E-state index contributed by atoms with van der Waals surface area (Å²) >= 11 is 0. The Morgan fingerprint density at radius 1 is 1.07 bits per heavy atom. The maximum absolute atomic E-state index is 4.45. The van der Waals surface area contributed by atoms with E-state index >= 15 is 0 Å². The zero-order chi connectivity index (χ0) is 10.1. The van der Waals surface area contributed by atoms with Crippen LogP contribution >= 0.6 is 0 Å². The smallest absolute Gasteiger partial charge is 0.0571 e. The van der Waals surface area contributed by atoms with Crippen molar-refractivity contribution in [3.63, 3.8) is 0 Å². The lowest BCUT2D eigenvalue weighted by Crippen LogP contribution is -2.11. The number of benzene rings is 1. The second-order valence-electron chi connectivity index (χ2n) is 4.05. The normalized spacial score (nSPS) is 14.9. The molecule has 76 valence electrons. The molecule has 0 N–H and O–H groups in total. The molecule has 3 rings (SSSR count). The van der Waals surface area contributed by atoms with Gasteiger partial charge in [0.2, 0.25) is 0 Å². The molecule has 0 radical (unpaired) electrons. The summed E-state index contributed by atoms with van der Waals surface area (Å²) in [6.45, 7) is 1.09. The van der Waals surface area contributed by atoms with Crippen molar-refractivity contribution in [2.75, 3.05) is 0 Å². The van der Waals surface area contributed by atoms with Crippen molar-refractivity contribution in [3.8, 4) is 11.1 Å². The SMILES string of the molecule is c1ccc(-c2cnn3c2CCCC3)cc1. The summed E-state index contributed by atoms with van der Waals surface area (Å²) < 4.78 is 2.16. The Bertz CT molecular complexity index is 457. The van der Waals surface area contributed by atoms with Crippen molar-refractivity contribution in [1.82, 2.24) is 9.78 Å². The van der Waals surface area contributed by atoms with Gasteiger partial charge in [0.25, 0.3) is 0 Å². The number of hydrogen-bond acceptors (Lipinski definition) is 1. The van der Waals surface area contributed by atoms with Gasteiger partial charge in [-0.05, 0) is 24.8 Å². The van der Waals surface area contributed by atoms with Gasteiger partial charge in [-0.25, -0.2) is 0 Å². The number of rotatable bonds is 1. The highest BCUT2D eigenvalue weighted by atomic mass is 15.3. The predicted molar refractivity (Wildman–Crippen MR) is 60.6 cm³/mol. The van der Waals surface area contributed by atoms with E-state index in [0.717, 1.165) is 6.54 Å². The van der Waals surface area contributed by atoms with E-state index in [-0.39, 0.29) is 0 Å². The molecule has 0 amide bonds. The Kier molecular flexibility index (Phi) is 2.05. The van der Waals surface area contributed by atoms with Crippen LogP contribution in [0, 0.1) is 0 Å². The summed E-state index contributed by atoms with van der Waals surface area (Å²) in [5.41, 5.74) is 4.02. The molecule has 1 aliphatic rings. The zero-order valence-electron chi connectivity index (χ0n) is 8.69. The fourth-order valence-electron chi connectivity index (χ4n) is 2.28. The highest BCUT2D eigenvalue weighted by Crippen LogP contribution is 2.27. The minimum Gasteiger partial charge on any atom is -0.269 e. The fraction of sp³-hybridized carbons (Fsp3) is 0.308. The predicted octanol–water partition coefficient (Wildman–Crippen LogP) is 2.89. The van der Waals surface area contributed by atoms with E-state index in [0.29, 0.717) is 0 Å². The summed E-state index contributed by atoms with van der Waals surface area (Å²) in [5.74, 6) is 0. The Morgan fingerprint density at radius 2 is 1.93 bits per heavy atom. The summed E-state index contributed by atoms with van der Waals surface area (Å²) in [6, 6.07) is 10.5. The van der Waals surface area contributed by atoms with Crippen molar-refractivity contribution in [1.29, 1.82) is 0 Å². The molecule has 2 aromatic rings. The fourth-order valence-corrected chi connectivity index (χ4v) is 2.28. The van der Waals surface area contributed by atoms with Gasteiger partial charge in [0.05, 0.1) is 6.20 Å². The Hall–Kier alpha value is -1.57. The summed E-state index contributed by atoms with van der Waals surface area (Å²) in [5, 5.41) is 4.45. The molecule has 0 aliphatic carbocycles. The third kappa shape index (κ3) is 1.46. The van der Waals surface area contributed by atoms with E-state index < -0.39 is 0 Å². The molecule has 0 atom stereocenters. The highest BCUT2D eigenvalue weighted by molar-refractivity contribution is 5.65. The largest absolute Gasteiger partial charge is 0.269 e. The van der Waals surface area contributed by atoms with Crippen molar-refractivity contribution >= 4 is 0 Å². The van der Waals surface area contributed by atoms with Gasteiger partial charge >= 0.3 is 0 Å². The summed E-state index contributed by atoms with van der Waals surface area (Å²) in [6.07, 6.45) is 5.74. The van der Waals surface area contributed by atoms with Crippen LogP contribution in [0.3, 0.4) is 0 Å². The van der Waals surface area contributed by atoms with E-state index in [2.05, 4.69) is 40.1 Å². The molecule has 1 aromatic carbocycles. The lowest BCUT2D eigenvalue weighted by Gasteiger charge is -2.14. The van der Waals surface area contributed by atoms with Gasteiger partial charge < -0.3 is 0 Å². The average molecular weight is 198 g/mol. The van der Waals surface area contributed by atoms with E-state index in [1.807, 2.05) is 6.20 Å². The topological polar surface area (TPSA) is 17.8 Å². The second-order valence-corrected chi connectivity index (χ2v) is 4.05. The van der Waals surface area contributed by atoms with Crippen LogP contribution in [0.2, 0.25) is 0 Å². The molecule has 15 heavy (non-hydrogen) atoms. The van der Waals surface area contributed by atoms with Gasteiger partial charge in [-0.3, -0.25) is 4.68 Å². The van der Waals surface area contributed by atoms with E-state index in [9.17, 15) is 0 Å². The third-order valence-electron chi connectivity index (χ3n) is 3.07. The number of aromatic nitrogens is 2. The van der Waals surface area contributed by atoms with Gasteiger partial charge in [-0.2, -0.15) is 5.10 Å². The third-order valence-corrected chi connectivity index (χ3v) is 3.07. The van der Waals surface area contributed by atoms with Gasteiger partial charge in [-0.1, -0.05) is 30.3 Å². The molecule has 0 fully saturated rings. The Labute approximate surface area is 89.5 Å². The van der Waals surface area contributed by atoms with E-state index in [1.165, 1.54) is 36.1 Å². The maximum Gasteiger partial charge on any atom is 0.0571 e. The molecule has 1 aromatic heterocycles. The minimum absolute atomic E-state index is 1.09. The van der Waals surface area contributed by atoms with Crippen molar-refractivity contribution in [2.45, 2.75) is 25.8 Å². The van der Waals surface area contributed by atoms with Crippen molar-refractivity contribution in [2.24, 2.45) is 0 Å². The molecule has 0 saturated heterocycles. The Balaban J connectivity index is 2.09. The molecular weight excluding hydrogens is 184 g/mol. The second kappa shape index (κ2) is 3.54. The Morgan fingerprint density at radius 3 is 2.80 bits per heavy atom. The van der Waals surface area contributed by atoms with Crippen LogP contribution in [-0.4, -0.2) is 9.78 Å². The quantitative estimate of drug-likeness (QED) is 0.689. The van der Waals surface area contributed by atoms with Gasteiger partial charge in [-0.15, -0.1) is 0 Å². The lowest BCUT2D eigenvalue weighted by molar-refractivity contribution is 0.487. The van der Waals surface area contributed by atoms with Crippen LogP contribution in [0.5, 0.6) is 0 Å². The molecule has 0 spiro atoms. The molecule has 2 heteroatoms. The van der Waals surface area contributed by atoms with Gasteiger partial charge in [0.15, 0.2) is 0 Å². The first kappa shape index (κ1) is 8.72. The molecule has 1 aliphatic heterocycles. The van der Waals surface area contributed by atoms with Crippen molar-refractivity contribution < 1.29 is 0 Å². The molecular formula is C13H14N2. The van der Waals surface area contributed by atoms with Crippen molar-refractivity contribution in [3.05, 3.63) is 42.2 Å². The standard InChI is InChI=1S/C13H14N2/c1-2-6-11(7-3-1)12-10-14-15-9-5-4-8-13(12)15/h1-3,6-7,10H,4-5,8-9H2. The first-order chi connectivity index (χ1) is 7.45. The average Bonchev–Trinajstić information content (AvgIpc) is 2.74. The lowest BCUT2D eigenvalue weighted by atomic mass is 10.0. The van der Waals surface area contributed by atoms with Gasteiger partial charge in [0.1, 0.15) is 0 Å². The van der Waals surface area contributed by atoms with Crippen LogP contribution in [-0.2, 0) is 13.0 Å². The number of hydrogen-bond donors (Lipinski definition) is 0. The molecule has 2 nitrogen and oxygen atoms in total.